The molecule has 1 aromatic carbocycles. The van der Waals surface area contributed by atoms with Gasteiger partial charge in [0, 0.05) is 11.0 Å². The summed E-state index contributed by atoms with van der Waals surface area (Å²) in [5, 5.41) is 9.43. The smallest absolute Gasteiger partial charge is 0.312 e. The van der Waals surface area contributed by atoms with Gasteiger partial charge in [-0.2, -0.15) is 13.7 Å². The maximum absolute atomic E-state index is 11.6. The second kappa shape index (κ2) is 4.74. The lowest BCUT2D eigenvalue weighted by Crippen LogP contribution is -2.32. The van der Waals surface area contributed by atoms with Gasteiger partial charge in [0.25, 0.3) is 0 Å². The van der Waals surface area contributed by atoms with Crippen molar-refractivity contribution in [2.45, 2.75) is 32.6 Å². The van der Waals surface area contributed by atoms with E-state index < -0.39 is 15.5 Å². The number of aryl methyl sites for hydroxylation is 1. The lowest BCUT2D eigenvalue weighted by atomic mass is 9.76. The van der Waals surface area contributed by atoms with Gasteiger partial charge >= 0.3 is 16.1 Å². The fraction of sp³-hybridized carbons (Fsp3) is 0.429. The highest BCUT2D eigenvalue weighted by Crippen LogP contribution is 2.45. The topological polar surface area (TPSA) is 93.5 Å². The van der Waals surface area contributed by atoms with E-state index >= 15 is 0 Å². The van der Waals surface area contributed by atoms with Gasteiger partial charge in [0.2, 0.25) is 0 Å². The number of hydrogen-bond acceptors (Lipinski definition) is 6. The number of nitrogens with zero attached hydrogens (tertiary/aromatic N) is 1. The largest absolute Gasteiger partial charge is 0.426 e. The standard InChI is InChI=1S/C14H15NO5S/c1-8-5-10-12(14(2,3)6-11(16)19-10)9(7-15)13(8)20-21(4,17)18/h5H,6H2,1-4H3. The maximum Gasteiger partial charge on any atom is 0.312 e. The van der Waals surface area contributed by atoms with E-state index in [0.717, 1.165) is 6.26 Å². The molecule has 0 spiro atoms. The minimum absolute atomic E-state index is 0.00947. The molecular weight excluding hydrogens is 294 g/mol. The molecule has 0 radical (unpaired) electrons. The quantitative estimate of drug-likeness (QED) is 0.470. The van der Waals surface area contributed by atoms with Gasteiger partial charge in [0.1, 0.15) is 17.4 Å². The molecule has 0 N–H and O–H groups in total. The SMILES string of the molecule is Cc1cc2c(c(C#N)c1OS(C)(=O)=O)C(C)(C)CC(=O)O2. The van der Waals surface area contributed by atoms with Crippen LogP contribution in [0.15, 0.2) is 6.07 Å². The molecule has 112 valence electrons. The molecule has 21 heavy (non-hydrogen) atoms. The Morgan fingerprint density at radius 1 is 1.43 bits per heavy atom. The second-order valence-electron chi connectivity index (χ2n) is 5.70. The highest BCUT2D eigenvalue weighted by Gasteiger charge is 2.38. The zero-order valence-electron chi connectivity index (χ0n) is 12.2. The number of carbonyl (C=O) groups excluding carboxylic acids is 1. The Balaban J connectivity index is 2.79. The van der Waals surface area contributed by atoms with Crippen LogP contribution in [-0.4, -0.2) is 20.6 Å². The molecule has 0 atom stereocenters. The van der Waals surface area contributed by atoms with Crippen LogP contribution in [0.5, 0.6) is 11.5 Å². The van der Waals surface area contributed by atoms with Crippen molar-refractivity contribution in [1.29, 1.82) is 5.26 Å². The molecule has 6 nitrogen and oxygen atoms in total. The summed E-state index contributed by atoms with van der Waals surface area (Å²) in [6.45, 7) is 5.19. The first kappa shape index (κ1) is 15.3. The number of carbonyl (C=O) groups is 1. The van der Waals surface area contributed by atoms with Crippen LogP contribution in [0, 0.1) is 18.3 Å². The van der Waals surface area contributed by atoms with Crippen LogP contribution in [0.1, 0.15) is 37.0 Å². The number of rotatable bonds is 2. The molecule has 1 aliphatic rings. The number of hydrogen-bond donors (Lipinski definition) is 0. The molecule has 0 amide bonds. The summed E-state index contributed by atoms with van der Waals surface area (Å²) in [6.07, 6.45) is 1.02. The van der Waals surface area contributed by atoms with E-state index in [1.807, 2.05) is 6.07 Å². The van der Waals surface area contributed by atoms with Crippen molar-refractivity contribution in [3.8, 4) is 17.6 Å². The molecule has 1 aliphatic heterocycles. The van der Waals surface area contributed by atoms with Crippen molar-refractivity contribution in [1.82, 2.24) is 0 Å². The molecule has 0 saturated heterocycles. The van der Waals surface area contributed by atoms with Gasteiger partial charge in [-0.05, 0) is 18.6 Å². The number of ether oxygens (including phenoxy) is 1. The van der Waals surface area contributed by atoms with Crippen LogP contribution >= 0.6 is 0 Å². The Labute approximate surface area is 123 Å². The maximum atomic E-state index is 11.6. The number of nitriles is 1. The molecule has 2 rings (SSSR count). The average molecular weight is 309 g/mol. The third kappa shape index (κ3) is 2.85. The van der Waals surface area contributed by atoms with Crippen molar-refractivity contribution < 1.29 is 22.1 Å². The summed E-state index contributed by atoms with van der Waals surface area (Å²) in [6, 6.07) is 3.50. The van der Waals surface area contributed by atoms with Gasteiger partial charge in [0.15, 0.2) is 5.75 Å². The zero-order chi connectivity index (χ0) is 16.0. The highest BCUT2D eigenvalue weighted by molar-refractivity contribution is 7.86. The molecule has 0 aliphatic carbocycles. The molecule has 7 heteroatoms. The van der Waals surface area contributed by atoms with E-state index in [0.29, 0.717) is 11.1 Å². The van der Waals surface area contributed by atoms with Gasteiger partial charge < -0.3 is 8.92 Å². The first-order valence-corrected chi connectivity index (χ1v) is 8.05. The summed E-state index contributed by atoms with van der Waals surface area (Å²) in [4.78, 5) is 11.6. The van der Waals surface area contributed by atoms with E-state index in [4.69, 9.17) is 8.92 Å². The lowest BCUT2D eigenvalue weighted by Gasteiger charge is -2.32. The van der Waals surface area contributed by atoms with Gasteiger partial charge in [-0.15, -0.1) is 0 Å². The minimum atomic E-state index is -3.77. The predicted molar refractivity (Wildman–Crippen MR) is 74.6 cm³/mol. The molecular formula is C14H15NO5S. The fourth-order valence-corrected chi connectivity index (χ4v) is 3.01. The lowest BCUT2D eigenvalue weighted by molar-refractivity contribution is -0.136. The Morgan fingerprint density at radius 3 is 2.57 bits per heavy atom. The number of esters is 1. The van der Waals surface area contributed by atoms with Crippen LogP contribution in [0.4, 0.5) is 0 Å². The molecule has 0 fully saturated rings. The molecule has 0 aromatic heterocycles. The molecule has 0 saturated carbocycles. The van der Waals surface area contributed by atoms with Gasteiger partial charge in [0.05, 0.1) is 12.7 Å². The van der Waals surface area contributed by atoms with Gasteiger partial charge in [-0.1, -0.05) is 13.8 Å². The summed E-state index contributed by atoms with van der Waals surface area (Å²) in [5.74, 6) is -0.108. The van der Waals surface area contributed by atoms with E-state index in [1.165, 1.54) is 6.07 Å². The van der Waals surface area contributed by atoms with Crippen LogP contribution in [0.3, 0.4) is 0 Å². The van der Waals surface area contributed by atoms with Gasteiger partial charge in [-0.25, -0.2) is 0 Å². The summed E-state index contributed by atoms with van der Waals surface area (Å²) < 4.78 is 32.9. The Kier molecular flexibility index (Phi) is 3.46. The number of benzene rings is 1. The van der Waals surface area contributed by atoms with Crippen molar-refractivity contribution >= 4 is 16.1 Å². The van der Waals surface area contributed by atoms with Crippen LogP contribution in [0.25, 0.3) is 0 Å². The van der Waals surface area contributed by atoms with Crippen molar-refractivity contribution in [3.63, 3.8) is 0 Å². The van der Waals surface area contributed by atoms with Crippen LogP contribution in [-0.2, 0) is 20.3 Å². The first-order chi connectivity index (χ1) is 9.55. The molecule has 0 unspecified atom stereocenters. The van der Waals surface area contributed by atoms with Gasteiger partial charge in [-0.3, -0.25) is 4.79 Å². The van der Waals surface area contributed by atoms with E-state index in [9.17, 15) is 18.5 Å². The average Bonchev–Trinajstić information content (AvgIpc) is 2.27. The third-order valence-corrected chi connectivity index (χ3v) is 3.73. The zero-order valence-corrected chi connectivity index (χ0v) is 13.0. The fourth-order valence-electron chi connectivity index (χ4n) is 2.49. The monoisotopic (exact) mass is 309 g/mol. The normalized spacial score (nSPS) is 16.6. The van der Waals surface area contributed by atoms with E-state index in [-0.39, 0.29) is 29.5 Å². The molecule has 1 heterocycles. The minimum Gasteiger partial charge on any atom is -0.426 e. The van der Waals surface area contributed by atoms with Crippen molar-refractivity contribution in [3.05, 3.63) is 22.8 Å². The molecule has 0 bridgehead atoms. The number of fused-ring (bicyclic) bond motifs is 1. The highest BCUT2D eigenvalue weighted by atomic mass is 32.2. The van der Waals surface area contributed by atoms with E-state index in [2.05, 4.69) is 0 Å². The van der Waals surface area contributed by atoms with Crippen LogP contribution < -0.4 is 8.92 Å². The summed E-state index contributed by atoms with van der Waals surface area (Å²) >= 11 is 0. The second-order valence-corrected chi connectivity index (χ2v) is 7.28. The first-order valence-electron chi connectivity index (χ1n) is 6.23. The van der Waals surface area contributed by atoms with Crippen LogP contribution in [0.2, 0.25) is 0 Å². The third-order valence-electron chi connectivity index (χ3n) is 3.26. The van der Waals surface area contributed by atoms with E-state index in [1.54, 1.807) is 20.8 Å². The summed E-state index contributed by atoms with van der Waals surface area (Å²) in [5.41, 5.74) is 0.363. The Bertz CT molecular complexity index is 772. The van der Waals surface area contributed by atoms with Crippen molar-refractivity contribution in [2.75, 3.05) is 6.26 Å². The molecule has 1 aromatic rings. The Morgan fingerprint density at radius 2 is 2.05 bits per heavy atom. The Hall–Kier alpha value is -2.07. The predicted octanol–water partition coefficient (Wildman–Crippen LogP) is 1.79. The van der Waals surface area contributed by atoms with Crippen molar-refractivity contribution in [2.24, 2.45) is 0 Å². The summed E-state index contributed by atoms with van der Waals surface area (Å²) in [7, 11) is -3.77.